The number of halogens is 2. The number of ether oxygens (including phenoxy) is 1. The van der Waals surface area contributed by atoms with Crippen LogP contribution in [0, 0.1) is 10.1 Å². The first-order chi connectivity index (χ1) is 9.56. The predicted molar refractivity (Wildman–Crippen MR) is 78.1 cm³/mol. The van der Waals surface area contributed by atoms with Gasteiger partial charge in [0.1, 0.15) is 5.02 Å². The molecule has 0 fully saturated rings. The van der Waals surface area contributed by atoms with Gasteiger partial charge >= 0.3 is 0 Å². The van der Waals surface area contributed by atoms with Gasteiger partial charge in [0.2, 0.25) is 0 Å². The molecule has 0 heterocycles. The first-order valence-corrected chi connectivity index (χ1v) is 6.57. The molecule has 2 aromatic rings. The molecule has 4 nitrogen and oxygen atoms in total. The number of hydrogen-bond acceptors (Lipinski definition) is 3. The zero-order valence-corrected chi connectivity index (χ0v) is 11.9. The third-order valence-electron chi connectivity index (χ3n) is 2.63. The first kappa shape index (κ1) is 14.8. The molecule has 0 aromatic heterocycles. The SMILES string of the molecule is O=[N+]([O-])c1cc(COCc2cccc(Cl)c2)ccc1Cl. The molecule has 0 saturated carbocycles. The molecule has 6 heteroatoms. The van der Waals surface area contributed by atoms with Crippen LogP contribution in [-0.4, -0.2) is 4.92 Å². The van der Waals surface area contributed by atoms with E-state index in [0.29, 0.717) is 17.2 Å². The normalized spacial score (nSPS) is 10.5. The number of hydrogen-bond donors (Lipinski definition) is 0. The molecule has 0 unspecified atom stereocenters. The standard InChI is InChI=1S/C14H11Cl2NO3/c15-12-3-1-2-10(6-12)8-20-9-11-4-5-13(16)14(7-11)17(18)19/h1-7H,8-9H2. The molecule has 0 aliphatic rings. The van der Waals surface area contributed by atoms with Crippen molar-refractivity contribution in [2.24, 2.45) is 0 Å². The van der Waals surface area contributed by atoms with Crippen LogP contribution in [0.15, 0.2) is 42.5 Å². The smallest absolute Gasteiger partial charge is 0.288 e. The van der Waals surface area contributed by atoms with E-state index in [-0.39, 0.29) is 17.3 Å². The van der Waals surface area contributed by atoms with Gasteiger partial charge in [-0.2, -0.15) is 0 Å². The molecule has 2 aromatic carbocycles. The van der Waals surface area contributed by atoms with Gasteiger partial charge in [-0.05, 0) is 29.3 Å². The molecule has 2 rings (SSSR count). The van der Waals surface area contributed by atoms with Crippen molar-refractivity contribution in [1.29, 1.82) is 0 Å². The van der Waals surface area contributed by atoms with E-state index < -0.39 is 4.92 Å². The minimum absolute atomic E-state index is 0.115. The first-order valence-electron chi connectivity index (χ1n) is 5.81. The van der Waals surface area contributed by atoms with Gasteiger partial charge in [0, 0.05) is 11.1 Å². The molecule has 104 valence electrons. The summed E-state index contributed by atoms with van der Waals surface area (Å²) < 4.78 is 5.51. The van der Waals surface area contributed by atoms with Crippen molar-refractivity contribution in [3.63, 3.8) is 0 Å². The number of benzene rings is 2. The Hall–Kier alpha value is -1.62. The van der Waals surface area contributed by atoms with Crippen molar-refractivity contribution in [1.82, 2.24) is 0 Å². The Morgan fingerprint density at radius 1 is 1.05 bits per heavy atom. The molecule has 0 atom stereocenters. The molecule has 0 aliphatic heterocycles. The number of nitrogens with zero attached hydrogens (tertiary/aromatic N) is 1. The molecule has 20 heavy (non-hydrogen) atoms. The number of rotatable bonds is 5. The molecule has 0 radical (unpaired) electrons. The van der Waals surface area contributed by atoms with Crippen molar-refractivity contribution >= 4 is 28.9 Å². The minimum Gasteiger partial charge on any atom is -0.372 e. The average Bonchev–Trinajstić information content (AvgIpc) is 2.40. The lowest BCUT2D eigenvalue weighted by Crippen LogP contribution is -1.96. The number of nitro groups is 1. The molecule has 0 spiro atoms. The lowest BCUT2D eigenvalue weighted by Gasteiger charge is -2.05. The van der Waals surface area contributed by atoms with E-state index in [4.69, 9.17) is 27.9 Å². The van der Waals surface area contributed by atoms with Crippen LogP contribution in [0.5, 0.6) is 0 Å². The second-order valence-corrected chi connectivity index (χ2v) is 5.01. The Kier molecular flexibility index (Phi) is 4.95. The molecule has 0 N–H and O–H groups in total. The van der Waals surface area contributed by atoms with Crippen molar-refractivity contribution in [3.8, 4) is 0 Å². The van der Waals surface area contributed by atoms with Gasteiger partial charge in [-0.1, -0.05) is 41.4 Å². The lowest BCUT2D eigenvalue weighted by molar-refractivity contribution is -0.384. The van der Waals surface area contributed by atoms with Gasteiger partial charge < -0.3 is 4.74 Å². The van der Waals surface area contributed by atoms with E-state index in [1.165, 1.54) is 12.1 Å². The monoisotopic (exact) mass is 311 g/mol. The maximum atomic E-state index is 10.8. The van der Waals surface area contributed by atoms with Crippen molar-refractivity contribution in [2.45, 2.75) is 13.2 Å². The van der Waals surface area contributed by atoms with E-state index >= 15 is 0 Å². The highest BCUT2D eigenvalue weighted by Crippen LogP contribution is 2.25. The summed E-state index contributed by atoms with van der Waals surface area (Å²) in [5.41, 5.74) is 1.53. The maximum absolute atomic E-state index is 10.8. The second kappa shape index (κ2) is 6.70. The topological polar surface area (TPSA) is 52.4 Å². The van der Waals surface area contributed by atoms with Gasteiger partial charge in [0.05, 0.1) is 18.1 Å². The fraction of sp³-hybridized carbons (Fsp3) is 0.143. The van der Waals surface area contributed by atoms with Crippen LogP contribution in [0.2, 0.25) is 10.0 Å². The van der Waals surface area contributed by atoms with Crippen LogP contribution in [0.1, 0.15) is 11.1 Å². The molecule has 0 aliphatic carbocycles. The highest BCUT2D eigenvalue weighted by atomic mass is 35.5. The zero-order valence-electron chi connectivity index (χ0n) is 10.4. The average molecular weight is 312 g/mol. The van der Waals surface area contributed by atoms with E-state index in [0.717, 1.165) is 5.56 Å². The Balaban J connectivity index is 1.97. The summed E-state index contributed by atoms with van der Waals surface area (Å²) in [7, 11) is 0. The Morgan fingerprint density at radius 3 is 2.40 bits per heavy atom. The van der Waals surface area contributed by atoms with Gasteiger partial charge in [-0.25, -0.2) is 0 Å². The highest BCUT2D eigenvalue weighted by molar-refractivity contribution is 6.32. The van der Waals surface area contributed by atoms with E-state index in [1.807, 2.05) is 18.2 Å². The zero-order chi connectivity index (χ0) is 14.5. The van der Waals surface area contributed by atoms with Crippen LogP contribution in [0.3, 0.4) is 0 Å². The van der Waals surface area contributed by atoms with Gasteiger partial charge in [0.15, 0.2) is 0 Å². The van der Waals surface area contributed by atoms with Gasteiger partial charge in [-0.15, -0.1) is 0 Å². The van der Waals surface area contributed by atoms with E-state index in [2.05, 4.69) is 0 Å². The minimum atomic E-state index is -0.511. The van der Waals surface area contributed by atoms with E-state index in [1.54, 1.807) is 12.1 Å². The summed E-state index contributed by atoms with van der Waals surface area (Å²) >= 11 is 11.6. The van der Waals surface area contributed by atoms with Crippen molar-refractivity contribution in [2.75, 3.05) is 0 Å². The molecule has 0 saturated heterocycles. The third kappa shape index (κ3) is 3.93. The molecule has 0 bridgehead atoms. The number of nitro benzene ring substituents is 1. The summed E-state index contributed by atoms with van der Waals surface area (Å²) in [5, 5.41) is 11.5. The Labute approximate surface area is 126 Å². The second-order valence-electron chi connectivity index (χ2n) is 4.17. The quantitative estimate of drug-likeness (QED) is 0.598. The highest BCUT2D eigenvalue weighted by Gasteiger charge is 2.12. The Morgan fingerprint density at radius 2 is 1.75 bits per heavy atom. The summed E-state index contributed by atoms with van der Waals surface area (Å²) in [6, 6.07) is 12.0. The van der Waals surface area contributed by atoms with E-state index in [9.17, 15) is 10.1 Å². The van der Waals surface area contributed by atoms with Crippen LogP contribution < -0.4 is 0 Å². The third-order valence-corrected chi connectivity index (χ3v) is 3.19. The summed E-state index contributed by atoms with van der Waals surface area (Å²) in [4.78, 5) is 10.3. The molecule has 0 amide bonds. The summed E-state index contributed by atoms with van der Waals surface area (Å²) in [6.45, 7) is 0.654. The van der Waals surface area contributed by atoms with Gasteiger partial charge in [0.25, 0.3) is 5.69 Å². The fourth-order valence-electron chi connectivity index (χ4n) is 1.70. The predicted octanol–water partition coefficient (Wildman–Crippen LogP) is 4.62. The molecular formula is C14H11Cl2NO3. The van der Waals surface area contributed by atoms with Crippen LogP contribution in [0.4, 0.5) is 5.69 Å². The largest absolute Gasteiger partial charge is 0.372 e. The Bertz CT molecular complexity index is 632. The fourth-order valence-corrected chi connectivity index (χ4v) is 2.10. The maximum Gasteiger partial charge on any atom is 0.288 e. The summed E-state index contributed by atoms with van der Waals surface area (Å²) in [6.07, 6.45) is 0. The van der Waals surface area contributed by atoms with Gasteiger partial charge in [-0.3, -0.25) is 10.1 Å². The summed E-state index contributed by atoms with van der Waals surface area (Å²) in [5.74, 6) is 0. The van der Waals surface area contributed by atoms with Crippen molar-refractivity contribution < 1.29 is 9.66 Å². The molecular weight excluding hydrogens is 301 g/mol. The van der Waals surface area contributed by atoms with Crippen LogP contribution in [0.25, 0.3) is 0 Å². The van der Waals surface area contributed by atoms with Crippen LogP contribution in [-0.2, 0) is 18.0 Å². The lowest BCUT2D eigenvalue weighted by atomic mass is 10.2. The van der Waals surface area contributed by atoms with Crippen molar-refractivity contribution in [3.05, 3.63) is 73.8 Å². The van der Waals surface area contributed by atoms with Crippen LogP contribution >= 0.6 is 23.2 Å².